The van der Waals surface area contributed by atoms with Crippen LogP contribution in [0.2, 0.25) is 10.0 Å². The van der Waals surface area contributed by atoms with Crippen LogP contribution in [0.25, 0.3) is 0 Å². The first-order valence-corrected chi connectivity index (χ1v) is 13.1. The molecule has 1 heterocycles. The second-order valence-electron chi connectivity index (χ2n) is 8.41. The average molecular weight is 605 g/mol. The zero-order chi connectivity index (χ0) is 26.4. The number of halogens is 3. The van der Waals surface area contributed by atoms with Gasteiger partial charge in [0.25, 0.3) is 5.91 Å². The topological polar surface area (TPSA) is 79.0 Å². The minimum atomic E-state index is -0.738. The highest BCUT2D eigenvalue weighted by Crippen LogP contribution is 2.29. The molecule has 1 N–H and O–H groups in total. The molecule has 0 aromatic heterocycles. The Morgan fingerprint density at radius 3 is 2.14 bits per heavy atom. The van der Waals surface area contributed by atoms with Gasteiger partial charge in [-0.25, -0.2) is 0 Å². The van der Waals surface area contributed by atoms with E-state index >= 15 is 0 Å². The monoisotopic (exact) mass is 603 g/mol. The van der Waals surface area contributed by atoms with Gasteiger partial charge in [0, 0.05) is 30.7 Å². The number of nitrogens with zero attached hydrogens (tertiary/aromatic N) is 2. The summed E-state index contributed by atoms with van der Waals surface area (Å²) in [7, 11) is 0. The van der Waals surface area contributed by atoms with Crippen LogP contribution in [0.15, 0.2) is 77.3 Å². The molecule has 0 bridgehead atoms. The zero-order valence-corrected chi connectivity index (χ0v) is 22.8. The van der Waals surface area contributed by atoms with Gasteiger partial charge in [-0.2, -0.15) is 0 Å². The van der Waals surface area contributed by atoms with Crippen LogP contribution in [-0.2, 0) is 14.4 Å². The van der Waals surface area contributed by atoms with Crippen LogP contribution in [0.1, 0.15) is 17.2 Å². The molecule has 0 aliphatic carbocycles. The molecule has 0 saturated carbocycles. The smallest absolute Gasteiger partial charge is 0.312 e. The number of benzene rings is 3. The van der Waals surface area contributed by atoms with Gasteiger partial charge in [-0.1, -0.05) is 75.5 Å². The molecule has 3 amide bonds. The van der Waals surface area contributed by atoms with E-state index in [0.29, 0.717) is 34.4 Å². The maximum atomic E-state index is 13.0. The Kier molecular flexibility index (Phi) is 9.08. The Morgan fingerprint density at radius 2 is 1.49 bits per heavy atom. The van der Waals surface area contributed by atoms with Gasteiger partial charge in [-0.05, 0) is 47.5 Å². The molecule has 3 aromatic rings. The van der Waals surface area contributed by atoms with Crippen LogP contribution in [0.4, 0.5) is 0 Å². The van der Waals surface area contributed by atoms with E-state index in [4.69, 9.17) is 27.9 Å². The van der Waals surface area contributed by atoms with E-state index in [2.05, 4.69) is 21.2 Å². The molecule has 37 heavy (non-hydrogen) atoms. The zero-order valence-electron chi connectivity index (χ0n) is 19.7. The van der Waals surface area contributed by atoms with E-state index in [9.17, 15) is 14.4 Å². The van der Waals surface area contributed by atoms with Crippen molar-refractivity contribution >= 4 is 56.9 Å². The third kappa shape index (κ3) is 7.03. The highest BCUT2D eigenvalue weighted by atomic mass is 79.9. The number of amides is 3. The maximum absolute atomic E-state index is 13.0. The minimum Gasteiger partial charge on any atom is -0.484 e. The van der Waals surface area contributed by atoms with E-state index in [1.807, 2.05) is 42.5 Å². The van der Waals surface area contributed by atoms with E-state index in [1.54, 1.807) is 35.2 Å². The van der Waals surface area contributed by atoms with Gasteiger partial charge in [-0.15, -0.1) is 0 Å². The molecule has 1 unspecified atom stereocenters. The number of nitrogens with one attached hydrogen (secondary N) is 1. The van der Waals surface area contributed by atoms with E-state index in [-0.39, 0.29) is 25.6 Å². The number of ether oxygens (including phenoxy) is 1. The number of rotatable bonds is 6. The van der Waals surface area contributed by atoms with Crippen molar-refractivity contribution in [1.29, 1.82) is 0 Å². The van der Waals surface area contributed by atoms with Gasteiger partial charge in [0.15, 0.2) is 6.61 Å². The van der Waals surface area contributed by atoms with E-state index < -0.39 is 17.9 Å². The Bertz CT molecular complexity index is 1270. The lowest BCUT2D eigenvalue weighted by molar-refractivity contribution is -0.148. The van der Waals surface area contributed by atoms with Crippen LogP contribution >= 0.6 is 39.1 Å². The second kappa shape index (κ2) is 12.4. The molecule has 1 aliphatic rings. The van der Waals surface area contributed by atoms with E-state index in [1.165, 1.54) is 4.90 Å². The number of hydrogen-bond donors (Lipinski definition) is 1. The fraction of sp³-hybridized carbons (Fsp3) is 0.222. The number of piperazine rings is 1. The van der Waals surface area contributed by atoms with Crippen molar-refractivity contribution in [2.75, 3.05) is 32.8 Å². The Balaban J connectivity index is 1.34. The standard InChI is InChI=1S/C27H24BrCl2N3O4/c28-20-7-9-21(10-8-20)37-17-24(34)32-12-14-33(15-13-32)27(36)26(35)31-25(18-4-2-1-3-5-18)19-6-11-22(29)23(30)16-19/h1-11,16,25H,12-15,17H2,(H,31,35). The van der Waals surface area contributed by atoms with Gasteiger partial charge >= 0.3 is 11.8 Å². The number of carbonyl (C=O) groups is 3. The fourth-order valence-electron chi connectivity index (χ4n) is 3.96. The van der Waals surface area contributed by atoms with Gasteiger partial charge in [0.1, 0.15) is 5.75 Å². The summed E-state index contributed by atoms with van der Waals surface area (Å²) in [4.78, 5) is 41.6. The van der Waals surface area contributed by atoms with Crippen molar-refractivity contribution in [2.45, 2.75) is 6.04 Å². The quantitative estimate of drug-likeness (QED) is 0.413. The molecule has 1 saturated heterocycles. The third-order valence-electron chi connectivity index (χ3n) is 5.98. The molecule has 1 aliphatic heterocycles. The highest BCUT2D eigenvalue weighted by Gasteiger charge is 2.30. The Morgan fingerprint density at radius 1 is 0.838 bits per heavy atom. The largest absolute Gasteiger partial charge is 0.484 e. The van der Waals surface area contributed by atoms with Crippen LogP contribution in [0.3, 0.4) is 0 Å². The lowest BCUT2D eigenvalue weighted by atomic mass is 9.98. The van der Waals surface area contributed by atoms with Crippen molar-refractivity contribution < 1.29 is 19.1 Å². The lowest BCUT2D eigenvalue weighted by Gasteiger charge is -2.34. The lowest BCUT2D eigenvalue weighted by Crippen LogP contribution is -2.54. The van der Waals surface area contributed by atoms with Gasteiger partial charge in [0.2, 0.25) is 0 Å². The SMILES string of the molecule is O=C(NC(c1ccccc1)c1ccc(Cl)c(Cl)c1)C(=O)N1CCN(C(=O)COc2ccc(Br)cc2)CC1. The summed E-state index contributed by atoms with van der Waals surface area (Å²) in [6.45, 7) is 1.03. The normalized spacial score (nSPS) is 14.1. The van der Waals surface area contributed by atoms with Crippen LogP contribution in [-0.4, -0.2) is 60.3 Å². The Hall–Kier alpha value is -3.07. The van der Waals surface area contributed by atoms with Crippen molar-refractivity contribution in [3.63, 3.8) is 0 Å². The number of carbonyl (C=O) groups excluding carboxylic acids is 3. The molecular weight excluding hydrogens is 581 g/mol. The molecule has 1 atom stereocenters. The summed E-state index contributed by atoms with van der Waals surface area (Å²) < 4.78 is 6.48. The third-order valence-corrected chi connectivity index (χ3v) is 7.24. The first kappa shape index (κ1) is 27.0. The molecule has 1 fully saturated rings. The summed E-state index contributed by atoms with van der Waals surface area (Å²) in [5, 5.41) is 3.58. The van der Waals surface area contributed by atoms with Gasteiger partial charge < -0.3 is 19.9 Å². The summed E-state index contributed by atoms with van der Waals surface area (Å²) in [6, 6.07) is 21.0. The van der Waals surface area contributed by atoms with Crippen LogP contribution in [0, 0.1) is 0 Å². The van der Waals surface area contributed by atoms with Crippen LogP contribution < -0.4 is 10.1 Å². The molecule has 0 radical (unpaired) electrons. The molecule has 0 spiro atoms. The molecular formula is C27H24BrCl2N3O4. The summed E-state index contributed by atoms with van der Waals surface area (Å²) in [6.07, 6.45) is 0. The minimum absolute atomic E-state index is 0.0987. The first-order valence-electron chi connectivity index (χ1n) is 11.6. The summed E-state index contributed by atoms with van der Waals surface area (Å²) in [5.74, 6) is -0.974. The fourth-order valence-corrected chi connectivity index (χ4v) is 4.53. The van der Waals surface area contributed by atoms with Crippen molar-refractivity contribution in [1.82, 2.24) is 15.1 Å². The molecule has 10 heteroatoms. The maximum Gasteiger partial charge on any atom is 0.312 e. The predicted molar refractivity (Wildman–Crippen MR) is 146 cm³/mol. The highest BCUT2D eigenvalue weighted by molar-refractivity contribution is 9.10. The van der Waals surface area contributed by atoms with Crippen LogP contribution in [0.5, 0.6) is 5.75 Å². The van der Waals surface area contributed by atoms with E-state index in [0.717, 1.165) is 10.0 Å². The van der Waals surface area contributed by atoms with Crippen molar-refractivity contribution in [3.8, 4) is 5.75 Å². The second-order valence-corrected chi connectivity index (χ2v) is 10.1. The molecule has 4 rings (SSSR count). The van der Waals surface area contributed by atoms with Gasteiger partial charge in [-0.3, -0.25) is 14.4 Å². The number of hydrogen-bond acceptors (Lipinski definition) is 4. The van der Waals surface area contributed by atoms with Crippen molar-refractivity contribution in [3.05, 3.63) is 98.4 Å². The summed E-state index contributed by atoms with van der Waals surface area (Å²) in [5.41, 5.74) is 1.49. The first-order chi connectivity index (χ1) is 17.8. The molecule has 3 aromatic carbocycles. The molecule has 192 valence electrons. The Labute approximate surface area is 233 Å². The molecule has 7 nitrogen and oxygen atoms in total. The summed E-state index contributed by atoms with van der Waals surface area (Å²) >= 11 is 15.6. The predicted octanol–water partition coefficient (Wildman–Crippen LogP) is 4.71. The average Bonchev–Trinajstić information content (AvgIpc) is 2.93. The van der Waals surface area contributed by atoms with Gasteiger partial charge in [0.05, 0.1) is 16.1 Å². The van der Waals surface area contributed by atoms with Crippen molar-refractivity contribution in [2.24, 2.45) is 0 Å².